The predicted molar refractivity (Wildman–Crippen MR) is 99.1 cm³/mol. The molecule has 0 fully saturated rings. The summed E-state index contributed by atoms with van der Waals surface area (Å²) < 4.78 is 25.5. The van der Waals surface area contributed by atoms with Crippen molar-refractivity contribution in [2.75, 3.05) is 22.9 Å². The van der Waals surface area contributed by atoms with Gasteiger partial charge in [-0.25, -0.2) is 23.9 Å². The van der Waals surface area contributed by atoms with Crippen molar-refractivity contribution in [2.24, 2.45) is 0 Å². The van der Waals surface area contributed by atoms with Crippen LogP contribution in [0.4, 0.5) is 17.2 Å². The topological polar surface area (TPSA) is 122 Å². The van der Waals surface area contributed by atoms with Crippen molar-refractivity contribution in [3.05, 3.63) is 40.8 Å². The zero-order valence-corrected chi connectivity index (χ0v) is 15.9. The minimum absolute atomic E-state index is 0.0941. The molecule has 3 N–H and O–H groups in total. The van der Waals surface area contributed by atoms with Gasteiger partial charge in [0.2, 0.25) is 10.0 Å². The molecule has 0 aliphatic carbocycles. The van der Waals surface area contributed by atoms with Crippen LogP contribution in [0.1, 0.15) is 23.0 Å². The minimum atomic E-state index is -3.55. The Hall–Kier alpha value is -2.43. The van der Waals surface area contributed by atoms with Gasteiger partial charge in [0.05, 0.1) is 29.8 Å². The molecule has 11 heteroatoms. The molecule has 0 saturated carbocycles. The molecule has 0 aromatic carbocycles. The Morgan fingerprint density at radius 3 is 2.69 bits per heavy atom. The Balaban J connectivity index is 2.42. The standard InChI is InChI=1S/C15H18ClN5O4S/c1-4-25-20-15(22)10-8-17-13(16)7-12(10)19-11-6-5-9(2)18-14(11)21-26(3,23)24/h5-8H,4H2,1-3H3,(H,17,19)(H,18,21)(H,20,22). The van der Waals surface area contributed by atoms with E-state index in [1.54, 1.807) is 26.0 Å². The summed E-state index contributed by atoms with van der Waals surface area (Å²) in [6.07, 6.45) is 2.30. The second-order valence-corrected chi connectivity index (χ2v) is 7.40. The summed E-state index contributed by atoms with van der Waals surface area (Å²) in [6, 6.07) is 4.76. The summed E-state index contributed by atoms with van der Waals surface area (Å²) in [5, 5.41) is 3.11. The number of nitrogens with one attached hydrogen (secondary N) is 3. The van der Waals surface area contributed by atoms with Crippen molar-refractivity contribution >= 4 is 44.7 Å². The first kappa shape index (κ1) is 19.9. The molecular formula is C15H18ClN5O4S. The number of pyridine rings is 2. The maximum absolute atomic E-state index is 12.2. The summed E-state index contributed by atoms with van der Waals surface area (Å²) >= 11 is 5.92. The van der Waals surface area contributed by atoms with E-state index in [2.05, 4.69) is 25.5 Å². The summed E-state index contributed by atoms with van der Waals surface area (Å²) in [5.74, 6) is -0.437. The summed E-state index contributed by atoms with van der Waals surface area (Å²) in [5.41, 5.74) is 3.69. The number of carbonyl (C=O) groups is 1. The molecular weight excluding hydrogens is 382 g/mol. The van der Waals surface area contributed by atoms with Gasteiger partial charge < -0.3 is 5.32 Å². The van der Waals surface area contributed by atoms with Gasteiger partial charge in [-0.1, -0.05) is 11.6 Å². The molecule has 2 aromatic heterocycles. The molecule has 2 aromatic rings. The summed E-state index contributed by atoms with van der Waals surface area (Å²) in [6.45, 7) is 3.74. The van der Waals surface area contributed by atoms with Gasteiger partial charge in [0.1, 0.15) is 5.15 Å². The van der Waals surface area contributed by atoms with Crippen molar-refractivity contribution in [3.63, 3.8) is 0 Å². The molecule has 0 bridgehead atoms. The normalized spacial score (nSPS) is 11.1. The third kappa shape index (κ3) is 5.55. The van der Waals surface area contributed by atoms with E-state index in [0.717, 1.165) is 6.26 Å². The van der Waals surface area contributed by atoms with E-state index >= 15 is 0 Å². The van der Waals surface area contributed by atoms with Crippen LogP contribution >= 0.6 is 11.6 Å². The molecule has 0 unspecified atom stereocenters. The number of nitrogens with zero attached hydrogens (tertiary/aromatic N) is 2. The molecule has 2 heterocycles. The summed E-state index contributed by atoms with van der Waals surface area (Å²) in [7, 11) is -3.55. The smallest absolute Gasteiger partial charge is 0.278 e. The van der Waals surface area contributed by atoms with Gasteiger partial charge in [0, 0.05) is 11.9 Å². The lowest BCUT2D eigenvalue weighted by Crippen LogP contribution is -2.24. The summed E-state index contributed by atoms with van der Waals surface area (Å²) in [4.78, 5) is 25.2. The quantitative estimate of drug-likeness (QED) is 0.482. The van der Waals surface area contributed by atoms with Crippen LogP contribution < -0.4 is 15.5 Å². The van der Waals surface area contributed by atoms with Crippen LogP contribution in [0, 0.1) is 6.92 Å². The zero-order chi connectivity index (χ0) is 19.3. The van der Waals surface area contributed by atoms with Crippen LogP contribution in [0.5, 0.6) is 0 Å². The Kier molecular flexibility index (Phi) is 6.35. The fraction of sp³-hybridized carbons (Fsp3) is 0.267. The van der Waals surface area contributed by atoms with Gasteiger partial charge in [0.25, 0.3) is 5.91 Å². The van der Waals surface area contributed by atoms with Gasteiger partial charge in [-0.2, -0.15) is 0 Å². The van der Waals surface area contributed by atoms with Crippen LogP contribution in [0.15, 0.2) is 24.4 Å². The molecule has 0 aliphatic heterocycles. The van der Waals surface area contributed by atoms with Crippen molar-refractivity contribution in [1.29, 1.82) is 0 Å². The van der Waals surface area contributed by atoms with Gasteiger partial charge in [-0.15, -0.1) is 0 Å². The fourth-order valence-corrected chi connectivity index (χ4v) is 2.63. The average Bonchev–Trinajstić information content (AvgIpc) is 2.54. The van der Waals surface area contributed by atoms with Crippen molar-refractivity contribution in [3.8, 4) is 0 Å². The number of anilines is 3. The Labute approximate surface area is 156 Å². The molecule has 0 spiro atoms. The van der Waals surface area contributed by atoms with Crippen LogP contribution in [-0.2, 0) is 14.9 Å². The largest absolute Gasteiger partial charge is 0.352 e. The Morgan fingerprint density at radius 2 is 2.04 bits per heavy atom. The average molecular weight is 400 g/mol. The van der Waals surface area contributed by atoms with Gasteiger partial charge in [-0.05, 0) is 32.0 Å². The van der Waals surface area contributed by atoms with Crippen LogP contribution in [-0.4, -0.2) is 37.2 Å². The highest BCUT2D eigenvalue weighted by Gasteiger charge is 2.16. The second kappa shape index (κ2) is 8.30. The van der Waals surface area contributed by atoms with Crippen LogP contribution in [0.25, 0.3) is 0 Å². The molecule has 140 valence electrons. The van der Waals surface area contributed by atoms with E-state index in [-0.39, 0.29) is 16.5 Å². The number of aryl methyl sites for hydroxylation is 1. The molecule has 9 nitrogen and oxygen atoms in total. The molecule has 2 rings (SSSR count). The van der Waals surface area contributed by atoms with Crippen LogP contribution in [0.3, 0.4) is 0 Å². The third-order valence-electron chi connectivity index (χ3n) is 3.01. The highest BCUT2D eigenvalue weighted by Crippen LogP contribution is 2.28. The first-order valence-electron chi connectivity index (χ1n) is 7.49. The number of aromatic nitrogens is 2. The van der Waals surface area contributed by atoms with E-state index in [0.29, 0.717) is 23.7 Å². The van der Waals surface area contributed by atoms with Crippen LogP contribution in [0.2, 0.25) is 5.15 Å². The molecule has 1 amide bonds. The number of amides is 1. The number of hydrogen-bond donors (Lipinski definition) is 3. The lowest BCUT2D eigenvalue weighted by atomic mass is 10.2. The lowest BCUT2D eigenvalue weighted by molar-refractivity contribution is 0.0365. The maximum Gasteiger partial charge on any atom is 0.278 e. The number of rotatable bonds is 7. The van der Waals surface area contributed by atoms with Gasteiger partial charge in [-0.3, -0.25) is 14.4 Å². The first-order chi connectivity index (χ1) is 12.2. The highest BCUT2D eigenvalue weighted by atomic mass is 35.5. The van der Waals surface area contributed by atoms with Crippen molar-refractivity contribution < 1.29 is 18.0 Å². The zero-order valence-electron chi connectivity index (χ0n) is 14.3. The fourth-order valence-electron chi connectivity index (χ4n) is 1.96. The molecule has 0 aliphatic rings. The van der Waals surface area contributed by atoms with Gasteiger partial charge >= 0.3 is 0 Å². The highest BCUT2D eigenvalue weighted by molar-refractivity contribution is 7.92. The number of sulfonamides is 1. The van der Waals surface area contributed by atoms with E-state index < -0.39 is 15.9 Å². The lowest BCUT2D eigenvalue weighted by Gasteiger charge is -2.15. The number of hydrogen-bond acceptors (Lipinski definition) is 7. The Morgan fingerprint density at radius 1 is 1.31 bits per heavy atom. The first-order valence-corrected chi connectivity index (χ1v) is 9.76. The van der Waals surface area contributed by atoms with Crippen molar-refractivity contribution in [2.45, 2.75) is 13.8 Å². The maximum atomic E-state index is 12.2. The van der Waals surface area contributed by atoms with E-state index in [9.17, 15) is 13.2 Å². The second-order valence-electron chi connectivity index (χ2n) is 5.26. The minimum Gasteiger partial charge on any atom is -0.352 e. The van der Waals surface area contributed by atoms with Crippen molar-refractivity contribution in [1.82, 2.24) is 15.4 Å². The molecule has 0 saturated heterocycles. The van der Waals surface area contributed by atoms with Gasteiger partial charge in [0.15, 0.2) is 5.82 Å². The Bertz CT molecular complexity index is 920. The van der Waals surface area contributed by atoms with E-state index in [4.69, 9.17) is 16.4 Å². The molecule has 26 heavy (non-hydrogen) atoms. The number of carbonyl (C=O) groups excluding carboxylic acids is 1. The monoisotopic (exact) mass is 399 g/mol. The molecule has 0 radical (unpaired) electrons. The van der Waals surface area contributed by atoms with E-state index in [1.165, 1.54) is 12.3 Å². The third-order valence-corrected chi connectivity index (χ3v) is 3.78. The SMILES string of the molecule is CCONC(=O)c1cnc(Cl)cc1Nc1ccc(C)nc1NS(C)(=O)=O. The number of hydroxylamine groups is 1. The number of halogens is 1. The predicted octanol–water partition coefficient (Wildman–Crippen LogP) is 2.23. The van der Waals surface area contributed by atoms with E-state index in [1.807, 2.05) is 0 Å². The molecule has 0 atom stereocenters.